The number of nitrogens with one attached hydrogen (secondary N) is 2. The summed E-state index contributed by atoms with van der Waals surface area (Å²) in [5.41, 5.74) is 2.69. The van der Waals surface area contributed by atoms with Gasteiger partial charge in [-0.05, 0) is 35.9 Å². The molecular formula is C15H13BrN2O2. The molecule has 2 aromatic carbocycles. The van der Waals surface area contributed by atoms with Crippen LogP contribution in [-0.4, -0.2) is 17.1 Å². The molecule has 0 aliphatic carbocycles. The molecule has 0 saturated heterocycles. The van der Waals surface area contributed by atoms with E-state index < -0.39 is 0 Å². The Labute approximate surface area is 125 Å². The molecule has 1 amide bonds. The van der Waals surface area contributed by atoms with E-state index in [9.17, 15) is 9.90 Å². The maximum absolute atomic E-state index is 12.1. The molecule has 1 atom stereocenters. The number of hydrogen-bond acceptors (Lipinski definition) is 3. The van der Waals surface area contributed by atoms with E-state index in [2.05, 4.69) is 26.6 Å². The average Bonchev–Trinajstić information content (AvgIpc) is 2.42. The summed E-state index contributed by atoms with van der Waals surface area (Å²) >= 11 is 3.38. The van der Waals surface area contributed by atoms with Crippen LogP contribution in [-0.2, 0) is 11.2 Å². The molecule has 102 valence electrons. The van der Waals surface area contributed by atoms with E-state index in [0.29, 0.717) is 6.42 Å². The molecule has 4 nitrogen and oxygen atoms in total. The maximum atomic E-state index is 12.1. The third kappa shape index (κ3) is 2.63. The molecular weight excluding hydrogens is 320 g/mol. The lowest BCUT2D eigenvalue weighted by Crippen LogP contribution is -2.40. The Morgan fingerprint density at radius 1 is 1.10 bits per heavy atom. The SMILES string of the molecule is O=C1Nc2cc(Br)ccc2NC1Cc1ccc(O)cc1. The molecule has 1 heterocycles. The minimum Gasteiger partial charge on any atom is -0.508 e. The summed E-state index contributed by atoms with van der Waals surface area (Å²) in [6.07, 6.45) is 0.571. The zero-order chi connectivity index (χ0) is 14.1. The zero-order valence-electron chi connectivity index (χ0n) is 10.6. The van der Waals surface area contributed by atoms with Crippen LogP contribution in [0.3, 0.4) is 0 Å². The van der Waals surface area contributed by atoms with Crippen molar-refractivity contribution in [1.29, 1.82) is 0 Å². The molecule has 1 unspecified atom stereocenters. The molecule has 5 heteroatoms. The van der Waals surface area contributed by atoms with Gasteiger partial charge in [0.05, 0.1) is 11.4 Å². The number of aromatic hydroxyl groups is 1. The van der Waals surface area contributed by atoms with Crippen molar-refractivity contribution in [1.82, 2.24) is 0 Å². The average molecular weight is 333 g/mol. The molecule has 0 spiro atoms. The van der Waals surface area contributed by atoms with E-state index in [1.807, 2.05) is 30.3 Å². The molecule has 0 radical (unpaired) electrons. The number of hydrogen-bond donors (Lipinski definition) is 3. The number of anilines is 2. The molecule has 1 aliphatic heterocycles. The van der Waals surface area contributed by atoms with Crippen LogP contribution in [0.1, 0.15) is 5.56 Å². The number of phenolic OH excluding ortho intramolecular Hbond substituents is 1. The quantitative estimate of drug-likeness (QED) is 0.791. The van der Waals surface area contributed by atoms with Gasteiger partial charge in [0.25, 0.3) is 0 Å². The Hall–Kier alpha value is -2.01. The van der Waals surface area contributed by atoms with Gasteiger partial charge in [-0.2, -0.15) is 0 Å². The largest absolute Gasteiger partial charge is 0.508 e. The van der Waals surface area contributed by atoms with Crippen LogP contribution in [0, 0.1) is 0 Å². The number of amides is 1. The van der Waals surface area contributed by atoms with Crippen LogP contribution >= 0.6 is 15.9 Å². The van der Waals surface area contributed by atoms with E-state index >= 15 is 0 Å². The second-order valence-corrected chi connectivity index (χ2v) is 5.66. The van der Waals surface area contributed by atoms with Crippen molar-refractivity contribution in [3.05, 3.63) is 52.5 Å². The molecule has 1 aliphatic rings. The summed E-state index contributed by atoms with van der Waals surface area (Å²) in [7, 11) is 0. The predicted molar refractivity (Wildman–Crippen MR) is 82.0 cm³/mol. The Bertz CT molecular complexity index is 655. The number of rotatable bonds is 2. The summed E-state index contributed by atoms with van der Waals surface area (Å²) in [4.78, 5) is 12.1. The zero-order valence-corrected chi connectivity index (χ0v) is 12.1. The van der Waals surface area contributed by atoms with E-state index in [1.54, 1.807) is 12.1 Å². The van der Waals surface area contributed by atoms with Crippen molar-refractivity contribution < 1.29 is 9.90 Å². The van der Waals surface area contributed by atoms with Crippen molar-refractivity contribution in [2.45, 2.75) is 12.5 Å². The van der Waals surface area contributed by atoms with Crippen molar-refractivity contribution in [2.24, 2.45) is 0 Å². The molecule has 0 fully saturated rings. The minimum absolute atomic E-state index is 0.0522. The number of phenols is 1. The van der Waals surface area contributed by atoms with Gasteiger partial charge >= 0.3 is 0 Å². The Balaban J connectivity index is 1.80. The first-order chi connectivity index (χ1) is 9.61. The van der Waals surface area contributed by atoms with Crippen LogP contribution in [0.4, 0.5) is 11.4 Å². The Morgan fingerprint density at radius 2 is 1.85 bits per heavy atom. The van der Waals surface area contributed by atoms with E-state index in [4.69, 9.17) is 0 Å². The second kappa shape index (κ2) is 5.17. The van der Waals surface area contributed by atoms with Crippen molar-refractivity contribution in [3.63, 3.8) is 0 Å². The molecule has 20 heavy (non-hydrogen) atoms. The van der Waals surface area contributed by atoms with Crippen molar-refractivity contribution in [3.8, 4) is 5.75 Å². The number of carbonyl (C=O) groups is 1. The lowest BCUT2D eigenvalue weighted by atomic mass is 10.0. The highest BCUT2D eigenvalue weighted by Crippen LogP contribution is 2.30. The molecule has 2 aromatic rings. The van der Waals surface area contributed by atoms with Gasteiger partial charge in [0.1, 0.15) is 11.8 Å². The fraction of sp³-hybridized carbons (Fsp3) is 0.133. The first-order valence-electron chi connectivity index (χ1n) is 6.27. The summed E-state index contributed by atoms with van der Waals surface area (Å²) in [5.74, 6) is 0.175. The highest BCUT2D eigenvalue weighted by atomic mass is 79.9. The molecule has 0 saturated carbocycles. The van der Waals surface area contributed by atoms with Crippen molar-refractivity contribution in [2.75, 3.05) is 10.6 Å². The monoisotopic (exact) mass is 332 g/mol. The summed E-state index contributed by atoms with van der Waals surface area (Å²) in [6, 6.07) is 12.3. The fourth-order valence-electron chi connectivity index (χ4n) is 2.23. The molecule has 0 bridgehead atoms. The minimum atomic E-state index is -0.312. The van der Waals surface area contributed by atoms with Gasteiger partial charge in [0, 0.05) is 10.9 Å². The second-order valence-electron chi connectivity index (χ2n) is 4.75. The lowest BCUT2D eigenvalue weighted by molar-refractivity contribution is -0.117. The molecule has 3 rings (SSSR count). The van der Waals surface area contributed by atoms with Crippen LogP contribution in [0.2, 0.25) is 0 Å². The standard InChI is InChI=1S/C15H13BrN2O2/c16-10-3-6-12-13(8-10)18-15(20)14(17-12)7-9-1-4-11(19)5-2-9/h1-6,8,14,17,19H,7H2,(H,18,20). The number of carbonyl (C=O) groups excluding carboxylic acids is 1. The fourth-order valence-corrected chi connectivity index (χ4v) is 2.59. The van der Waals surface area contributed by atoms with Gasteiger partial charge < -0.3 is 15.7 Å². The van der Waals surface area contributed by atoms with Gasteiger partial charge in [-0.25, -0.2) is 0 Å². The normalized spacial score (nSPS) is 17.1. The predicted octanol–water partition coefficient (Wildman–Crippen LogP) is 3.13. The summed E-state index contributed by atoms with van der Waals surface area (Å²) < 4.78 is 0.926. The van der Waals surface area contributed by atoms with Gasteiger partial charge in [-0.3, -0.25) is 4.79 Å². The lowest BCUT2D eigenvalue weighted by Gasteiger charge is -2.27. The number of benzene rings is 2. The third-order valence-electron chi connectivity index (χ3n) is 3.26. The highest BCUT2D eigenvalue weighted by Gasteiger charge is 2.25. The number of fused-ring (bicyclic) bond motifs is 1. The molecule has 3 N–H and O–H groups in total. The van der Waals surface area contributed by atoms with E-state index in [-0.39, 0.29) is 17.7 Å². The first-order valence-corrected chi connectivity index (χ1v) is 7.06. The van der Waals surface area contributed by atoms with Gasteiger partial charge in [0.2, 0.25) is 5.91 Å². The Morgan fingerprint density at radius 3 is 2.60 bits per heavy atom. The van der Waals surface area contributed by atoms with E-state index in [0.717, 1.165) is 21.4 Å². The van der Waals surface area contributed by atoms with Crippen molar-refractivity contribution >= 4 is 33.2 Å². The van der Waals surface area contributed by atoms with E-state index in [1.165, 1.54) is 0 Å². The van der Waals surface area contributed by atoms with Crippen LogP contribution in [0.25, 0.3) is 0 Å². The van der Waals surface area contributed by atoms with Gasteiger partial charge in [0.15, 0.2) is 0 Å². The van der Waals surface area contributed by atoms with Crippen LogP contribution < -0.4 is 10.6 Å². The topological polar surface area (TPSA) is 61.4 Å². The highest BCUT2D eigenvalue weighted by molar-refractivity contribution is 9.10. The van der Waals surface area contributed by atoms with Gasteiger partial charge in [-0.15, -0.1) is 0 Å². The van der Waals surface area contributed by atoms with Crippen LogP contribution in [0.5, 0.6) is 5.75 Å². The first kappa shape index (κ1) is 13.0. The molecule has 0 aromatic heterocycles. The van der Waals surface area contributed by atoms with Crippen LogP contribution in [0.15, 0.2) is 46.9 Å². The maximum Gasteiger partial charge on any atom is 0.247 e. The summed E-state index contributed by atoms with van der Waals surface area (Å²) in [5, 5.41) is 15.4. The smallest absolute Gasteiger partial charge is 0.247 e. The summed E-state index contributed by atoms with van der Waals surface area (Å²) in [6.45, 7) is 0. The Kier molecular flexibility index (Phi) is 3.36. The number of halogens is 1. The third-order valence-corrected chi connectivity index (χ3v) is 3.76. The van der Waals surface area contributed by atoms with Gasteiger partial charge in [-0.1, -0.05) is 28.1 Å².